The average Bonchev–Trinajstić information content (AvgIpc) is 3.08. The summed E-state index contributed by atoms with van der Waals surface area (Å²) in [7, 11) is 1.73. The van der Waals surface area contributed by atoms with Crippen LogP contribution in [0.2, 0.25) is 0 Å². The lowest BCUT2D eigenvalue weighted by Crippen LogP contribution is -2.45. The summed E-state index contributed by atoms with van der Waals surface area (Å²) < 4.78 is 22.8. The molecule has 1 atom stereocenters. The van der Waals surface area contributed by atoms with Crippen LogP contribution in [0.15, 0.2) is 48.5 Å². The Balaban J connectivity index is 1.39. The van der Waals surface area contributed by atoms with E-state index in [1.165, 1.54) is 5.56 Å². The number of benzene rings is 2. The van der Waals surface area contributed by atoms with Gasteiger partial charge in [-0.3, -0.25) is 4.90 Å². The summed E-state index contributed by atoms with van der Waals surface area (Å²) in [6.45, 7) is 7.07. The predicted octanol–water partition coefficient (Wildman–Crippen LogP) is 2.88. The third-order valence-electron chi connectivity index (χ3n) is 5.67. The Morgan fingerprint density at radius 2 is 1.87 bits per heavy atom. The van der Waals surface area contributed by atoms with E-state index in [1.54, 1.807) is 7.11 Å². The number of rotatable bonds is 7. The van der Waals surface area contributed by atoms with Gasteiger partial charge in [0.05, 0.1) is 40.1 Å². The van der Waals surface area contributed by atoms with Crippen molar-refractivity contribution in [1.29, 1.82) is 0 Å². The minimum atomic E-state index is 0.262. The summed E-state index contributed by atoms with van der Waals surface area (Å²) in [6, 6.07) is 17.1. The summed E-state index contributed by atoms with van der Waals surface area (Å²) >= 11 is 0. The summed E-state index contributed by atoms with van der Waals surface area (Å²) in [4.78, 5) is 2.47. The Kier molecular flexibility index (Phi) is 7.59. The Morgan fingerprint density at radius 3 is 2.63 bits per heavy atom. The standard InChI is InChI=1S/C24H32N2O4/c1-27-24-8-7-22(30-18-19-16-28-11-12-29-17-19)13-21(24)14-26-10-9-25-23(15-26)20-5-3-2-4-6-20/h2-8,13,19,23,25H,9-12,14-18H2,1H3. The summed E-state index contributed by atoms with van der Waals surface area (Å²) in [5.41, 5.74) is 2.48. The van der Waals surface area contributed by atoms with Gasteiger partial charge in [-0.1, -0.05) is 30.3 Å². The molecule has 2 aliphatic rings. The molecule has 2 heterocycles. The van der Waals surface area contributed by atoms with Gasteiger partial charge in [-0.05, 0) is 23.8 Å². The third-order valence-corrected chi connectivity index (χ3v) is 5.67. The van der Waals surface area contributed by atoms with Crippen molar-refractivity contribution in [3.63, 3.8) is 0 Å². The highest BCUT2D eigenvalue weighted by atomic mass is 16.5. The van der Waals surface area contributed by atoms with Crippen LogP contribution in [0.5, 0.6) is 11.5 Å². The summed E-state index contributed by atoms with van der Waals surface area (Å²) in [5.74, 6) is 2.03. The van der Waals surface area contributed by atoms with Crippen molar-refractivity contribution in [2.24, 2.45) is 5.92 Å². The van der Waals surface area contributed by atoms with Crippen LogP contribution in [-0.2, 0) is 16.0 Å². The fourth-order valence-electron chi connectivity index (χ4n) is 4.05. The zero-order valence-electron chi connectivity index (χ0n) is 17.7. The van der Waals surface area contributed by atoms with Gasteiger partial charge in [0.15, 0.2) is 0 Å². The highest BCUT2D eigenvalue weighted by molar-refractivity contribution is 5.40. The third kappa shape index (κ3) is 5.73. The van der Waals surface area contributed by atoms with Gasteiger partial charge in [0.25, 0.3) is 0 Å². The van der Waals surface area contributed by atoms with E-state index in [4.69, 9.17) is 18.9 Å². The van der Waals surface area contributed by atoms with Gasteiger partial charge in [-0.2, -0.15) is 0 Å². The van der Waals surface area contributed by atoms with Crippen LogP contribution in [0.1, 0.15) is 17.2 Å². The molecular formula is C24H32N2O4. The number of ether oxygens (including phenoxy) is 4. The molecular weight excluding hydrogens is 380 g/mol. The molecule has 0 radical (unpaired) electrons. The van der Waals surface area contributed by atoms with E-state index in [2.05, 4.69) is 46.6 Å². The minimum absolute atomic E-state index is 0.262. The molecule has 2 saturated heterocycles. The number of nitrogens with zero attached hydrogens (tertiary/aromatic N) is 1. The molecule has 2 aliphatic heterocycles. The molecule has 6 heteroatoms. The molecule has 0 bridgehead atoms. The average molecular weight is 413 g/mol. The quantitative estimate of drug-likeness (QED) is 0.755. The molecule has 6 nitrogen and oxygen atoms in total. The van der Waals surface area contributed by atoms with Gasteiger partial charge >= 0.3 is 0 Å². The summed E-state index contributed by atoms with van der Waals surface area (Å²) in [5, 5.41) is 3.63. The van der Waals surface area contributed by atoms with E-state index in [-0.39, 0.29) is 5.92 Å². The lowest BCUT2D eigenvalue weighted by molar-refractivity contribution is 0.101. The van der Waals surface area contributed by atoms with Crippen molar-refractivity contribution >= 4 is 0 Å². The Bertz CT molecular complexity index is 778. The maximum absolute atomic E-state index is 6.07. The van der Waals surface area contributed by atoms with Gasteiger partial charge in [0.2, 0.25) is 0 Å². The van der Waals surface area contributed by atoms with Crippen LogP contribution in [0.25, 0.3) is 0 Å². The molecule has 0 aromatic heterocycles. The second-order valence-electron chi connectivity index (χ2n) is 7.95. The molecule has 1 N–H and O–H groups in total. The fourth-order valence-corrected chi connectivity index (χ4v) is 4.05. The van der Waals surface area contributed by atoms with Crippen molar-refractivity contribution in [2.75, 3.05) is 59.8 Å². The first-order valence-corrected chi connectivity index (χ1v) is 10.8. The first-order chi connectivity index (χ1) is 14.8. The lowest BCUT2D eigenvalue weighted by Gasteiger charge is -2.34. The lowest BCUT2D eigenvalue weighted by atomic mass is 10.0. The largest absolute Gasteiger partial charge is 0.496 e. The maximum atomic E-state index is 6.07. The molecule has 2 fully saturated rings. The van der Waals surface area contributed by atoms with Crippen molar-refractivity contribution in [1.82, 2.24) is 10.2 Å². The monoisotopic (exact) mass is 412 g/mol. The van der Waals surface area contributed by atoms with E-state index in [0.29, 0.717) is 39.1 Å². The molecule has 1 unspecified atom stereocenters. The van der Waals surface area contributed by atoms with Crippen molar-refractivity contribution < 1.29 is 18.9 Å². The Labute approximate surface area is 179 Å². The number of piperazine rings is 1. The van der Waals surface area contributed by atoms with E-state index in [0.717, 1.165) is 43.2 Å². The van der Waals surface area contributed by atoms with Gasteiger partial charge in [-0.15, -0.1) is 0 Å². The molecule has 4 rings (SSSR count). The molecule has 0 amide bonds. The van der Waals surface area contributed by atoms with Crippen molar-refractivity contribution in [3.05, 3.63) is 59.7 Å². The Morgan fingerprint density at radius 1 is 1.07 bits per heavy atom. The Hall–Kier alpha value is -2.12. The van der Waals surface area contributed by atoms with Crippen LogP contribution in [0, 0.1) is 5.92 Å². The second kappa shape index (κ2) is 10.8. The van der Waals surface area contributed by atoms with Gasteiger partial charge < -0.3 is 24.3 Å². The normalized spacial score (nSPS) is 21.2. The van der Waals surface area contributed by atoms with Gasteiger partial charge in [0.1, 0.15) is 11.5 Å². The van der Waals surface area contributed by atoms with E-state index in [1.807, 2.05) is 12.1 Å². The minimum Gasteiger partial charge on any atom is -0.496 e. The number of hydrogen-bond acceptors (Lipinski definition) is 6. The topological polar surface area (TPSA) is 52.2 Å². The highest BCUT2D eigenvalue weighted by Crippen LogP contribution is 2.27. The molecule has 30 heavy (non-hydrogen) atoms. The van der Waals surface area contributed by atoms with Crippen LogP contribution in [0.3, 0.4) is 0 Å². The molecule has 0 saturated carbocycles. The van der Waals surface area contributed by atoms with Gasteiger partial charge in [0, 0.05) is 43.7 Å². The molecule has 0 spiro atoms. The van der Waals surface area contributed by atoms with E-state index < -0.39 is 0 Å². The number of methoxy groups -OCH3 is 1. The van der Waals surface area contributed by atoms with Gasteiger partial charge in [-0.25, -0.2) is 0 Å². The first-order valence-electron chi connectivity index (χ1n) is 10.8. The fraction of sp³-hybridized carbons (Fsp3) is 0.500. The van der Waals surface area contributed by atoms with E-state index >= 15 is 0 Å². The number of nitrogens with one attached hydrogen (secondary N) is 1. The van der Waals surface area contributed by atoms with Crippen LogP contribution < -0.4 is 14.8 Å². The second-order valence-corrected chi connectivity index (χ2v) is 7.95. The molecule has 2 aromatic carbocycles. The highest BCUT2D eigenvalue weighted by Gasteiger charge is 2.22. The van der Waals surface area contributed by atoms with Crippen molar-refractivity contribution in [3.8, 4) is 11.5 Å². The maximum Gasteiger partial charge on any atom is 0.123 e. The molecule has 0 aliphatic carbocycles. The first kappa shape index (κ1) is 21.1. The SMILES string of the molecule is COc1ccc(OCC2COCCOC2)cc1CN1CCNC(c2ccccc2)C1. The molecule has 2 aromatic rings. The van der Waals surface area contributed by atoms with E-state index in [9.17, 15) is 0 Å². The zero-order chi connectivity index (χ0) is 20.6. The predicted molar refractivity (Wildman–Crippen MR) is 116 cm³/mol. The molecule has 162 valence electrons. The number of hydrogen-bond donors (Lipinski definition) is 1. The van der Waals surface area contributed by atoms with Crippen molar-refractivity contribution in [2.45, 2.75) is 12.6 Å². The summed E-state index contributed by atoms with van der Waals surface area (Å²) in [6.07, 6.45) is 0. The van der Waals surface area contributed by atoms with Crippen LogP contribution in [0.4, 0.5) is 0 Å². The zero-order valence-corrected chi connectivity index (χ0v) is 17.7. The van der Waals surface area contributed by atoms with Crippen LogP contribution >= 0.6 is 0 Å². The van der Waals surface area contributed by atoms with Crippen LogP contribution in [-0.4, -0.2) is 64.7 Å². The smallest absolute Gasteiger partial charge is 0.123 e.